The van der Waals surface area contributed by atoms with E-state index in [-0.39, 0.29) is 12.5 Å². The average molecular weight is 265 g/mol. The molecule has 0 spiro atoms. The SMILES string of the molecule is Cc1cc(C(=O)NC2(CO)CCC(C)CC2)n(C)n1. The van der Waals surface area contributed by atoms with Crippen molar-refractivity contribution in [1.82, 2.24) is 15.1 Å². The Labute approximate surface area is 114 Å². The van der Waals surface area contributed by atoms with Gasteiger partial charge in [0.15, 0.2) is 0 Å². The van der Waals surface area contributed by atoms with Crippen molar-refractivity contribution in [2.24, 2.45) is 13.0 Å². The molecule has 5 nitrogen and oxygen atoms in total. The minimum atomic E-state index is -0.457. The number of carbonyl (C=O) groups is 1. The third kappa shape index (κ3) is 2.97. The predicted molar refractivity (Wildman–Crippen MR) is 72.9 cm³/mol. The van der Waals surface area contributed by atoms with Gasteiger partial charge in [0.05, 0.1) is 17.8 Å². The summed E-state index contributed by atoms with van der Waals surface area (Å²) in [7, 11) is 1.76. The second-order valence-corrected chi connectivity index (χ2v) is 5.87. The third-order valence-corrected chi connectivity index (χ3v) is 4.15. The van der Waals surface area contributed by atoms with Crippen LogP contribution in [0.25, 0.3) is 0 Å². The third-order valence-electron chi connectivity index (χ3n) is 4.15. The summed E-state index contributed by atoms with van der Waals surface area (Å²) in [5.74, 6) is 0.530. The van der Waals surface area contributed by atoms with Gasteiger partial charge in [-0.05, 0) is 44.6 Å². The molecule has 1 heterocycles. The van der Waals surface area contributed by atoms with E-state index < -0.39 is 5.54 Å². The number of rotatable bonds is 3. The Hall–Kier alpha value is -1.36. The monoisotopic (exact) mass is 265 g/mol. The Morgan fingerprint density at radius 3 is 2.68 bits per heavy atom. The predicted octanol–water partition coefficient (Wildman–Crippen LogP) is 1.40. The molecule has 1 aromatic rings. The van der Waals surface area contributed by atoms with Crippen molar-refractivity contribution >= 4 is 5.91 Å². The number of aliphatic hydroxyl groups is 1. The second kappa shape index (κ2) is 5.33. The molecule has 0 unspecified atom stereocenters. The van der Waals surface area contributed by atoms with Crippen LogP contribution in [0, 0.1) is 12.8 Å². The molecule has 1 aliphatic carbocycles. The van der Waals surface area contributed by atoms with Gasteiger partial charge in [-0.3, -0.25) is 9.48 Å². The van der Waals surface area contributed by atoms with E-state index in [9.17, 15) is 9.90 Å². The molecular formula is C14H23N3O2. The van der Waals surface area contributed by atoms with E-state index in [1.165, 1.54) is 0 Å². The fourth-order valence-corrected chi connectivity index (χ4v) is 2.77. The summed E-state index contributed by atoms with van der Waals surface area (Å²) in [6.45, 7) is 4.08. The molecule has 1 amide bonds. The first-order valence-electron chi connectivity index (χ1n) is 6.90. The van der Waals surface area contributed by atoms with Gasteiger partial charge >= 0.3 is 0 Å². The van der Waals surface area contributed by atoms with Gasteiger partial charge in [-0.2, -0.15) is 5.10 Å². The number of aryl methyl sites for hydroxylation is 2. The fraction of sp³-hybridized carbons (Fsp3) is 0.714. The lowest BCUT2D eigenvalue weighted by atomic mass is 9.77. The lowest BCUT2D eigenvalue weighted by Gasteiger charge is -2.38. The minimum Gasteiger partial charge on any atom is -0.394 e. The molecule has 2 N–H and O–H groups in total. The molecule has 0 atom stereocenters. The number of nitrogens with zero attached hydrogens (tertiary/aromatic N) is 2. The van der Waals surface area contributed by atoms with Crippen LogP contribution in [0.5, 0.6) is 0 Å². The first-order chi connectivity index (χ1) is 8.96. The number of amides is 1. The molecule has 0 aromatic carbocycles. The zero-order valence-corrected chi connectivity index (χ0v) is 11.9. The van der Waals surface area contributed by atoms with Crippen molar-refractivity contribution < 1.29 is 9.90 Å². The van der Waals surface area contributed by atoms with Crippen LogP contribution < -0.4 is 5.32 Å². The number of carbonyl (C=O) groups excluding carboxylic acids is 1. The zero-order chi connectivity index (χ0) is 14.0. The van der Waals surface area contributed by atoms with Gasteiger partial charge in [0.1, 0.15) is 5.69 Å². The Balaban J connectivity index is 2.10. The van der Waals surface area contributed by atoms with E-state index in [0.717, 1.165) is 31.4 Å². The lowest BCUT2D eigenvalue weighted by molar-refractivity contribution is 0.0709. The molecule has 0 aliphatic heterocycles. The lowest BCUT2D eigenvalue weighted by Crippen LogP contribution is -2.53. The molecule has 1 saturated carbocycles. The van der Waals surface area contributed by atoms with E-state index in [1.54, 1.807) is 17.8 Å². The highest BCUT2D eigenvalue weighted by molar-refractivity contribution is 5.93. The molecule has 19 heavy (non-hydrogen) atoms. The summed E-state index contributed by atoms with van der Waals surface area (Å²) in [4.78, 5) is 12.3. The van der Waals surface area contributed by atoms with Crippen molar-refractivity contribution in [2.45, 2.75) is 45.1 Å². The average Bonchev–Trinajstić information content (AvgIpc) is 2.72. The van der Waals surface area contributed by atoms with Gasteiger partial charge in [0.2, 0.25) is 0 Å². The standard InChI is InChI=1S/C14H23N3O2/c1-10-4-6-14(9-18,7-5-10)15-13(19)12-8-11(2)16-17(12)3/h8,10,18H,4-7,9H2,1-3H3,(H,15,19). The van der Waals surface area contributed by atoms with Crippen LogP contribution >= 0.6 is 0 Å². The van der Waals surface area contributed by atoms with Crippen molar-refractivity contribution in [3.63, 3.8) is 0 Å². The summed E-state index contributed by atoms with van der Waals surface area (Å²) in [5.41, 5.74) is 0.911. The maximum absolute atomic E-state index is 12.3. The summed E-state index contributed by atoms with van der Waals surface area (Å²) < 4.78 is 1.58. The Morgan fingerprint density at radius 1 is 1.58 bits per heavy atom. The van der Waals surface area contributed by atoms with Gasteiger partial charge in [-0.15, -0.1) is 0 Å². The number of aliphatic hydroxyl groups excluding tert-OH is 1. The molecule has 1 aromatic heterocycles. The van der Waals surface area contributed by atoms with Crippen molar-refractivity contribution in [1.29, 1.82) is 0 Å². The number of aromatic nitrogens is 2. The number of nitrogens with one attached hydrogen (secondary N) is 1. The summed E-state index contributed by atoms with van der Waals surface area (Å²) >= 11 is 0. The largest absolute Gasteiger partial charge is 0.394 e. The topological polar surface area (TPSA) is 67.2 Å². The van der Waals surface area contributed by atoms with Crippen LogP contribution in [-0.2, 0) is 7.05 Å². The van der Waals surface area contributed by atoms with Crippen LogP contribution in [0.4, 0.5) is 0 Å². The molecule has 0 radical (unpaired) electrons. The molecule has 106 valence electrons. The Morgan fingerprint density at radius 2 is 2.21 bits per heavy atom. The molecule has 1 aliphatic rings. The Kier molecular flexibility index (Phi) is 3.94. The van der Waals surface area contributed by atoms with Gasteiger partial charge in [0.25, 0.3) is 5.91 Å². The number of hydrogen-bond donors (Lipinski definition) is 2. The first kappa shape index (κ1) is 14.1. The fourth-order valence-electron chi connectivity index (χ4n) is 2.77. The highest BCUT2D eigenvalue weighted by atomic mass is 16.3. The van der Waals surface area contributed by atoms with E-state index in [4.69, 9.17) is 0 Å². The highest BCUT2D eigenvalue weighted by Gasteiger charge is 2.35. The molecular weight excluding hydrogens is 242 g/mol. The molecule has 5 heteroatoms. The van der Waals surface area contributed by atoms with Gasteiger partial charge in [0, 0.05) is 7.05 Å². The van der Waals surface area contributed by atoms with E-state index in [0.29, 0.717) is 11.6 Å². The van der Waals surface area contributed by atoms with Crippen molar-refractivity contribution in [3.05, 3.63) is 17.5 Å². The zero-order valence-electron chi connectivity index (χ0n) is 11.9. The minimum absolute atomic E-state index is 0.00228. The van der Waals surface area contributed by atoms with Crippen molar-refractivity contribution in [2.75, 3.05) is 6.61 Å². The number of hydrogen-bond acceptors (Lipinski definition) is 3. The van der Waals surface area contributed by atoms with Gasteiger partial charge < -0.3 is 10.4 Å². The second-order valence-electron chi connectivity index (χ2n) is 5.87. The van der Waals surface area contributed by atoms with Crippen LogP contribution in [0.2, 0.25) is 0 Å². The van der Waals surface area contributed by atoms with Gasteiger partial charge in [-0.1, -0.05) is 6.92 Å². The molecule has 0 saturated heterocycles. The Bertz CT molecular complexity index is 459. The van der Waals surface area contributed by atoms with Crippen LogP contribution in [0.3, 0.4) is 0 Å². The summed E-state index contributed by atoms with van der Waals surface area (Å²) in [6, 6.07) is 1.77. The maximum Gasteiger partial charge on any atom is 0.270 e. The quantitative estimate of drug-likeness (QED) is 0.868. The smallest absolute Gasteiger partial charge is 0.270 e. The summed E-state index contributed by atoms with van der Waals surface area (Å²) in [6.07, 6.45) is 3.77. The summed E-state index contributed by atoms with van der Waals surface area (Å²) in [5, 5.41) is 16.9. The first-order valence-corrected chi connectivity index (χ1v) is 6.90. The maximum atomic E-state index is 12.3. The molecule has 0 bridgehead atoms. The van der Waals surface area contributed by atoms with Crippen LogP contribution in [-0.4, -0.2) is 32.9 Å². The van der Waals surface area contributed by atoms with Crippen molar-refractivity contribution in [3.8, 4) is 0 Å². The molecule has 2 rings (SSSR count). The van der Waals surface area contributed by atoms with E-state index in [1.807, 2.05) is 6.92 Å². The van der Waals surface area contributed by atoms with E-state index in [2.05, 4.69) is 17.3 Å². The highest BCUT2D eigenvalue weighted by Crippen LogP contribution is 2.31. The van der Waals surface area contributed by atoms with E-state index >= 15 is 0 Å². The van der Waals surface area contributed by atoms with Crippen LogP contribution in [0.1, 0.15) is 48.8 Å². The van der Waals surface area contributed by atoms with Crippen LogP contribution in [0.15, 0.2) is 6.07 Å². The molecule has 1 fully saturated rings. The van der Waals surface area contributed by atoms with Gasteiger partial charge in [-0.25, -0.2) is 0 Å². The normalized spacial score (nSPS) is 27.3.